The molecule has 2 aromatic rings. The van der Waals surface area contributed by atoms with E-state index in [0.717, 1.165) is 11.6 Å². The summed E-state index contributed by atoms with van der Waals surface area (Å²) in [6, 6.07) is 11.6. The van der Waals surface area contributed by atoms with Crippen LogP contribution in [0.15, 0.2) is 47.6 Å². The van der Waals surface area contributed by atoms with Crippen LogP contribution >= 0.6 is 0 Å². The molecule has 0 atom stereocenters. The summed E-state index contributed by atoms with van der Waals surface area (Å²) in [7, 11) is 0. The van der Waals surface area contributed by atoms with Crippen molar-refractivity contribution in [3.05, 3.63) is 70.8 Å². The molecule has 0 amide bonds. The van der Waals surface area contributed by atoms with Gasteiger partial charge in [0.25, 0.3) is 0 Å². The Labute approximate surface area is 141 Å². The van der Waals surface area contributed by atoms with Crippen molar-refractivity contribution in [1.82, 2.24) is 0 Å². The minimum Gasteiger partial charge on any atom is -0.391 e. The number of hydrogen-bond donors (Lipinski definition) is 0. The molecule has 0 N–H and O–H groups in total. The van der Waals surface area contributed by atoms with Crippen molar-refractivity contribution in [3.8, 4) is 0 Å². The maximum Gasteiger partial charge on any atom is 0.142 e. The fourth-order valence-corrected chi connectivity index (χ4v) is 3.23. The van der Waals surface area contributed by atoms with Crippen LogP contribution < -0.4 is 0 Å². The van der Waals surface area contributed by atoms with Crippen LogP contribution in [0.3, 0.4) is 0 Å². The van der Waals surface area contributed by atoms with Gasteiger partial charge < -0.3 is 4.84 Å². The number of oxime groups is 1. The fraction of sp³-hybridized carbons (Fsp3) is 0.350. The van der Waals surface area contributed by atoms with Crippen molar-refractivity contribution in [2.45, 2.75) is 44.6 Å². The average Bonchev–Trinajstić information content (AvgIpc) is 2.59. The van der Waals surface area contributed by atoms with E-state index in [9.17, 15) is 8.78 Å². The molecule has 3 rings (SSSR count). The minimum absolute atomic E-state index is 0.0352. The van der Waals surface area contributed by atoms with Crippen LogP contribution in [0, 0.1) is 11.6 Å². The monoisotopic (exact) mass is 329 g/mol. The Balaban J connectivity index is 1.58. The fourth-order valence-electron chi connectivity index (χ4n) is 3.23. The molecule has 4 heteroatoms. The minimum atomic E-state index is -0.613. The van der Waals surface area contributed by atoms with E-state index in [1.54, 1.807) is 6.21 Å². The first-order chi connectivity index (χ1) is 11.7. The van der Waals surface area contributed by atoms with Gasteiger partial charge in [0.15, 0.2) is 0 Å². The summed E-state index contributed by atoms with van der Waals surface area (Å²) < 4.78 is 26.2. The van der Waals surface area contributed by atoms with Crippen molar-refractivity contribution in [1.29, 1.82) is 0 Å². The van der Waals surface area contributed by atoms with Gasteiger partial charge >= 0.3 is 0 Å². The van der Waals surface area contributed by atoms with Gasteiger partial charge in [-0.1, -0.05) is 42.6 Å². The number of halogens is 2. The second-order valence-corrected chi connectivity index (χ2v) is 6.29. The third-order valence-electron chi connectivity index (χ3n) is 4.42. The Morgan fingerprint density at radius 3 is 2.50 bits per heavy atom. The van der Waals surface area contributed by atoms with Crippen LogP contribution in [0.1, 0.15) is 54.7 Å². The predicted octanol–water partition coefficient (Wildman–Crippen LogP) is 5.56. The summed E-state index contributed by atoms with van der Waals surface area (Å²) in [5.41, 5.74) is 2.75. The number of benzene rings is 2. The molecule has 1 fully saturated rings. The molecule has 126 valence electrons. The molecule has 0 bridgehead atoms. The Bertz CT molecular complexity index is 688. The molecule has 0 radical (unpaired) electrons. The number of hydrogen-bond acceptors (Lipinski definition) is 2. The Morgan fingerprint density at radius 1 is 1.00 bits per heavy atom. The van der Waals surface area contributed by atoms with Gasteiger partial charge in [-0.3, -0.25) is 0 Å². The van der Waals surface area contributed by atoms with Gasteiger partial charge in [-0.25, -0.2) is 8.78 Å². The molecule has 0 unspecified atom stereocenters. The molecule has 1 aliphatic carbocycles. The highest BCUT2D eigenvalue weighted by atomic mass is 19.1. The third-order valence-corrected chi connectivity index (χ3v) is 4.42. The SMILES string of the molecule is Fc1cc(F)cc(CON=Cc2cccc(C3CCCCC3)c2)c1. The molecular formula is C20H21F2NO. The Morgan fingerprint density at radius 2 is 1.75 bits per heavy atom. The highest BCUT2D eigenvalue weighted by Gasteiger charge is 2.15. The molecular weight excluding hydrogens is 308 g/mol. The molecule has 2 nitrogen and oxygen atoms in total. The molecule has 0 spiro atoms. The lowest BCUT2D eigenvalue weighted by Crippen LogP contribution is -2.04. The molecule has 2 aromatic carbocycles. The van der Waals surface area contributed by atoms with Crippen LogP contribution in [-0.4, -0.2) is 6.21 Å². The second kappa shape index (κ2) is 8.04. The number of rotatable bonds is 5. The van der Waals surface area contributed by atoms with Crippen molar-refractivity contribution >= 4 is 6.21 Å². The summed E-state index contributed by atoms with van der Waals surface area (Å²) in [6.07, 6.45) is 8.09. The Kier molecular flexibility index (Phi) is 5.57. The van der Waals surface area contributed by atoms with Crippen molar-refractivity contribution in [3.63, 3.8) is 0 Å². The second-order valence-electron chi connectivity index (χ2n) is 6.29. The molecule has 1 aliphatic rings. The molecule has 0 heterocycles. The summed E-state index contributed by atoms with van der Waals surface area (Å²) in [5, 5.41) is 3.91. The van der Waals surface area contributed by atoms with Gasteiger partial charge in [-0.15, -0.1) is 0 Å². The van der Waals surface area contributed by atoms with Gasteiger partial charge in [0.1, 0.15) is 18.2 Å². The molecule has 0 aliphatic heterocycles. The van der Waals surface area contributed by atoms with E-state index in [1.807, 2.05) is 12.1 Å². The van der Waals surface area contributed by atoms with Gasteiger partial charge in [0.05, 0.1) is 6.21 Å². The lowest BCUT2D eigenvalue weighted by atomic mass is 9.84. The largest absolute Gasteiger partial charge is 0.391 e. The van der Waals surface area contributed by atoms with E-state index in [2.05, 4.69) is 17.3 Å². The topological polar surface area (TPSA) is 21.6 Å². The highest BCUT2D eigenvalue weighted by molar-refractivity contribution is 5.79. The zero-order valence-corrected chi connectivity index (χ0v) is 13.6. The lowest BCUT2D eigenvalue weighted by molar-refractivity contribution is 0.131. The summed E-state index contributed by atoms with van der Waals surface area (Å²) in [4.78, 5) is 5.16. The lowest BCUT2D eigenvalue weighted by Gasteiger charge is -2.22. The van der Waals surface area contributed by atoms with E-state index in [-0.39, 0.29) is 6.61 Å². The molecule has 0 aromatic heterocycles. The first-order valence-electron chi connectivity index (χ1n) is 8.41. The van der Waals surface area contributed by atoms with Crippen molar-refractivity contribution in [2.24, 2.45) is 5.16 Å². The van der Waals surface area contributed by atoms with E-state index in [4.69, 9.17) is 4.84 Å². The third kappa shape index (κ3) is 4.63. The van der Waals surface area contributed by atoms with Gasteiger partial charge in [-0.2, -0.15) is 0 Å². The van der Waals surface area contributed by atoms with E-state index >= 15 is 0 Å². The van der Waals surface area contributed by atoms with Crippen molar-refractivity contribution < 1.29 is 13.6 Å². The maximum atomic E-state index is 13.1. The van der Waals surface area contributed by atoms with Gasteiger partial charge in [0, 0.05) is 6.07 Å². The van der Waals surface area contributed by atoms with Crippen molar-refractivity contribution in [2.75, 3.05) is 0 Å². The number of nitrogens with zero attached hydrogens (tertiary/aromatic N) is 1. The van der Waals surface area contributed by atoms with Crippen LogP contribution in [0.4, 0.5) is 8.78 Å². The van der Waals surface area contributed by atoms with Crippen LogP contribution in [0.5, 0.6) is 0 Å². The highest BCUT2D eigenvalue weighted by Crippen LogP contribution is 2.32. The van der Waals surface area contributed by atoms with Gasteiger partial charge in [0.2, 0.25) is 0 Å². The zero-order valence-electron chi connectivity index (χ0n) is 13.6. The smallest absolute Gasteiger partial charge is 0.142 e. The predicted molar refractivity (Wildman–Crippen MR) is 91.0 cm³/mol. The first-order valence-corrected chi connectivity index (χ1v) is 8.41. The summed E-state index contributed by atoms with van der Waals surface area (Å²) in [6.45, 7) is 0.0352. The summed E-state index contributed by atoms with van der Waals surface area (Å²) >= 11 is 0. The van der Waals surface area contributed by atoms with Crippen LogP contribution in [0.25, 0.3) is 0 Å². The average molecular weight is 329 g/mol. The molecule has 24 heavy (non-hydrogen) atoms. The summed E-state index contributed by atoms with van der Waals surface area (Å²) in [5.74, 6) is -0.584. The molecule has 1 saturated carbocycles. The first kappa shape index (κ1) is 16.6. The Hall–Kier alpha value is -2.23. The molecule has 0 saturated heterocycles. The zero-order chi connectivity index (χ0) is 16.8. The normalized spacial score (nSPS) is 15.8. The maximum absolute atomic E-state index is 13.1. The van der Waals surface area contributed by atoms with Crippen LogP contribution in [-0.2, 0) is 11.4 Å². The van der Waals surface area contributed by atoms with Crippen LogP contribution in [0.2, 0.25) is 0 Å². The van der Waals surface area contributed by atoms with E-state index in [1.165, 1.54) is 49.8 Å². The van der Waals surface area contributed by atoms with Gasteiger partial charge in [-0.05, 0) is 53.6 Å². The standard InChI is InChI=1S/C20H21F2NO/c21-19-10-16(11-20(22)12-19)14-24-23-13-15-5-4-8-18(9-15)17-6-2-1-3-7-17/h4-5,8-13,17H,1-3,6-7,14H2. The van der Waals surface area contributed by atoms with E-state index in [0.29, 0.717) is 11.5 Å². The van der Waals surface area contributed by atoms with E-state index < -0.39 is 11.6 Å². The quantitative estimate of drug-likeness (QED) is 0.519.